The fourth-order valence-corrected chi connectivity index (χ4v) is 5.64. The molecule has 5 rings (SSSR count). The molecule has 220 valence electrons. The molecule has 1 aromatic carbocycles. The van der Waals surface area contributed by atoms with Crippen molar-refractivity contribution in [2.45, 2.75) is 64.0 Å². The molecule has 0 N–H and O–H groups in total. The molecule has 9 nitrogen and oxygen atoms in total. The van der Waals surface area contributed by atoms with Crippen LogP contribution in [0.3, 0.4) is 0 Å². The van der Waals surface area contributed by atoms with Gasteiger partial charge in [0.1, 0.15) is 18.1 Å². The summed E-state index contributed by atoms with van der Waals surface area (Å²) < 4.78 is 13.2. The molecule has 0 aliphatic carbocycles. The van der Waals surface area contributed by atoms with Gasteiger partial charge in [0.2, 0.25) is 0 Å². The molecule has 0 bridgehead atoms. The third-order valence-electron chi connectivity index (χ3n) is 7.73. The molecule has 1 saturated heterocycles. The Balaban J connectivity index is 1.52. The van der Waals surface area contributed by atoms with Gasteiger partial charge in [-0.25, -0.2) is 0 Å². The molecule has 2 atom stereocenters. The topological polar surface area (TPSA) is 109 Å². The van der Waals surface area contributed by atoms with Crippen LogP contribution in [0.25, 0.3) is 11.1 Å². The van der Waals surface area contributed by atoms with Crippen LogP contribution in [0.1, 0.15) is 73.1 Å². The predicted molar refractivity (Wildman–Crippen MR) is 160 cm³/mol. The minimum absolute atomic E-state index is 0.0553. The number of nitrogens with zero attached hydrogens (tertiary/aromatic N) is 3. The van der Waals surface area contributed by atoms with Crippen LogP contribution in [0.2, 0.25) is 5.02 Å². The second-order valence-electron chi connectivity index (χ2n) is 10.5. The predicted octanol–water partition coefficient (Wildman–Crippen LogP) is 5.60. The van der Waals surface area contributed by atoms with E-state index in [-0.39, 0.29) is 29.7 Å². The number of oxime groups is 1. The van der Waals surface area contributed by atoms with Crippen LogP contribution in [0.15, 0.2) is 58.7 Å². The Kier molecular flexibility index (Phi) is 9.49. The van der Waals surface area contributed by atoms with Crippen LogP contribution in [0, 0.1) is 0 Å². The monoisotopic (exact) mass is 591 g/mol. The minimum Gasteiger partial charge on any atom is -0.495 e. The molecular weight excluding hydrogens is 558 g/mol. The lowest BCUT2D eigenvalue weighted by Gasteiger charge is -2.28. The van der Waals surface area contributed by atoms with E-state index in [0.717, 1.165) is 30.5 Å². The van der Waals surface area contributed by atoms with Gasteiger partial charge >= 0.3 is 0 Å². The lowest BCUT2D eigenvalue weighted by Crippen LogP contribution is -2.34. The van der Waals surface area contributed by atoms with E-state index in [1.165, 1.54) is 17.7 Å². The first-order chi connectivity index (χ1) is 20.4. The van der Waals surface area contributed by atoms with Crippen LogP contribution in [0.4, 0.5) is 0 Å². The third-order valence-corrected chi connectivity index (χ3v) is 7.96. The lowest BCUT2D eigenvalue weighted by molar-refractivity contribution is -0.123. The van der Waals surface area contributed by atoms with Crippen molar-refractivity contribution in [1.82, 2.24) is 9.55 Å². The summed E-state index contributed by atoms with van der Waals surface area (Å²) in [6.07, 6.45) is 7.21. The van der Waals surface area contributed by atoms with Crippen molar-refractivity contribution < 1.29 is 23.9 Å². The molecule has 2 aliphatic heterocycles. The van der Waals surface area contributed by atoms with Gasteiger partial charge in [0.05, 0.1) is 31.2 Å². The highest BCUT2D eigenvalue weighted by Crippen LogP contribution is 2.35. The zero-order chi connectivity index (χ0) is 29.6. The largest absolute Gasteiger partial charge is 0.495 e. The first-order valence-corrected chi connectivity index (χ1v) is 14.7. The average Bonchev–Trinajstić information content (AvgIpc) is 3.55. The number of carbonyl (C=O) groups is 2. The summed E-state index contributed by atoms with van der Waals surface area (Å²) in [4.78, 5) is 49.1. The van der Waals surface area contributed by atoms with Crippen molar-refractivity contribution in [3.8, 4) is 16.9 Å². The van der Waals surface area contributed by atoms with Gasteiger partial charge in [0.25, 0.3) is 5.56 Å². The number of hydrogen-bond acceptors (Lipinski definition) is 8. The number of Topliss-reactive ketones (excluding diaryl/α,β-unsaturated/α-hetero) is 2. The fraction of sp³-hybridized carbons (Fsp3) is 0.406. The van der Waals surface area contributed by atoms with E-state index in [9.17, 15) is 14.4 Å². The van der Waals surface area contributed by atoms with Crippen molar-refractivity contribution in [2.24, 2.45) is 5.16 Å². The quantitative estimate of drug-likeness (QED) is 0.267. The molecule has 1 fully saturated rings. The number of ether oxygens (including phenoxy) is 2. The van der Waals surface area contributed by atoms with Crippen LogP contribution in [-0.2, 0) is 20.8 Å². The number of rotatable bonds is 11. The zero-order valence-corrected chi connectivity index (χ0v) is 24.6. The van der Waals surface area contributed by atoms with E-state index in [1.807, 2.05) is 6.07 Å². The van der Waals surface area contributed by atoms with E-state index < -0.39 is 6.04 Å². The Morgan fingerprint density at radius 3 is 2.64 bits per heavy atom. The van der Waals surface area contributed by atoms with E-state index in [4.69, 9.17) is 25.9 Å². The van der Waals surface area contributed by atoms with Gasteiger partial charge in [-0.3, -0.25) is 19.4 Å². The Bertz CT molecular complexity index is 1540. The van der Waals surface area contributed by atoms with Crippen molar-refractivity contribution in [1.29, 1.82) is 0 Å². The Labute approximate surface area is 249 Å². The summed E-state index contributed by atoms with van der Waals surface area (Å²) in [6, 6.07) is 9.48. The summed E-state index contributed by atoms with van der Waals surface area (Å²) in [6.45, 7) is 2.89. The van der Waals surface area contributed by atoms with E-state index in [1.54, 1.807) is 43.6 Å². The fourth-order valence-electron chi connectivity index (χ4n) is 5.47. The number of halogens is 1. The molecule has 0 radical (unpaired) electrons. The summed E-state index contributed by atoms with van der Waals surface area (Å²) in [7, 11) is 1.53. The Morgan fingerprint density at radius 1 is 1.12 bits per heavy atom. The first kappa shape index (κ1) is 29.7. The Hall–Kier alpha value is -3.82. The highest BCUT2D eigenvalue weighted by molar-refractivity contribution is 6.31. The van der Waals surface area contributed by atoms with E-state index in [2.05, 4.69) is 10.1 Å². The molecule has 0 amide bonds. The van der Waals surface area contributed by atoms with Gasteiger partial charge in [-0.15, -0.1) is 0 Å². The number of hydrogen-bond donors (Lipinski definition) is 0. The summed E-state index contributed by atoms with van der Waals surface area (Å²) in [5.41, 5.74) is 3.49. The summed E-state index contributed by atoms with van der Waals surface area (Å²) in [5.74, 6) is 0.205. The average molecular weight is 592 g/mol. The van der Waals surface area contributed by atoms with Gasteiger partial charge in [-0.05, 0) is 48.6 Å². The number of ketones is 2. The maximum Gasteiger partial charge on any atom is 0.252 e. The summed E-state index contributed by atoms with van der Waals surface area (Å²) in [5, 5.41) is 4.66. The van der Waals surface area contributed by atoms with Gasteiger partial charge in [0, 0.05) is 60.7 Å². The van der Waals surface area contributed by atoms with E-state index >= 15 is 0 Å². The van der Waals surface area contributed by atoms with Crippen molar-refractivity contribution in [3.05, 3.63) is 81.0 Å². The van der Waals surface area contributed by atoms with Gasteiger partial charge in [0.15, 0.2) is 11.6 Å². The highest BCUT2D eigenvalue weighted by Gasteiger charge is 2.29. The van der Waals surface area contributed by atoms with Gasteiger partial charge < -0.3 is 18.9 Å². The highest BCUT2D eigenvalue weighted by atomic mass is 35.5. The summed E-state index contributed by atoms with van der Waals surface area (Å²) >= 11 is 6.38. The molecule has 1 unspecified atom stereocenters. The maximum atomic E-state index is 13.8. The van der Waals surface area contributed by atoms with Crippen LogP contribution < -0.4 is 10.3 Å². The third kappa shape index (κ3) is 6.63. The SMILES string of the molecule is CCC(=O)c1ccc(CC(=O)C(C[C@@H]2CCCCO2)n2cc(OC)c(-c3cc(Cl)ccc3C3=NOCC3)cc2=O)cn1. The molecule has 0 spiro atoms. The number of carbonyl (C=O) groups excluding carboxylic acids is 2. The standard InChI is InChI=1S/C32H34ClN3O6/c1-3-29(37)27-10-7-20(18-34-27)14-30(38)28(16-22-6-4-5-12-41-22)36-19-31(40-2)25(17-32(36)39)24-15-21(33)8-9-23(24)26-11-13-42-35-26/h7-10,15,17-19,22,28H,3-6,11-14,16H2,1-2H3/t22-,28?/m0/s1. The number of pyridine rings is 2. The zero-order valence-electron chi connectivity index (χ0n) is 23.8. The second-order valence-corrected chi connectivity index (χ2v) is 11.0. The van der Waals surface area contributed by atoms with E-state index in [0.29, 0.717) is 65.6 Å². The lowest BCUT2D eigenvalue weighted by atomic mass is 9.94. The molecule has 10 heteroatoms. The number of benzene rings is 1. The molecule has 0 saturated carbocycles. The van der Waals surface area contributed by atoms with Crippen LogP contribution in [-0.4, -0.2) is 53.3 Å². The molecule has 42 heavy (non-hydrogen) atoms. The smallest absolute Gasteiger partial charge is 0.252 e. The first-order valence-electron chi connectivity index (χ1n) is 14.3. The van der Waals surface area contributed by atoms with Crippen LogP contribution >= 0.6 is 11.6 Å². The molecule has 3 aromatic rings. The van der Waals surface area contributed by atoms with Crippen molar-refractivity contribution >= 4 is 28.9 Å². The van der Waals surface area contributed by atoms with Crippen molar-refractivity contribution in [2.75, 3.05) is 20.3 Å². The molecule has 2 aliphatic rings. The number of methoxy groups -OCH3 is 1. The maximum absolute atomic E-state index is 13.8. The second kappa shape index (κ2) is 13.4. The van der Waals surface area contributed by atoms with Gasteiger partial charge in [-0.2, -0.15) is 0 Å². The molecule has 2 aromatic heterocycles. The molecular formula is C32H34ClN3O6. The normalized spacial score (nSPS) is 17.3. The van der Waals surface area contributed by atoms with Gasteiger partial charge in [-0.1, -0.05) is 35.8 Å². The number of aromatic nitrogens is 2. The minimum atomic E-state index is -0.785. The molecule has 4 heterocycles. The Morgan fingerprint density at radius 2 is 1.98 bits per heavy atom. The van der Waals surface area contributed by atoms with Crippen LogP contribution in [0.5, 0.6) is 5.75 Å². The van der Waals surface area contributed by atoms with Crippen molar-refractivity contribution in [3.63, 3.8) is 0 Å².